The molecule has 2 aliphatic rings. The number of benzene rings is 2. The zero-order valence-corrected chi connectivity index (χ0v) is 31.7. The Balaban J connectivity index is 0.000000280. The number of hydrogen-bond donors (Lipinski definition) is 4. The van der Waals surface area contributed by atoms with Crippen LogP contribution in [0.3, 0.4) is 0 Å². The summed E-state index contributed by atoms with van der Waals surface area (Å²) in [6.07, 6.45) is -0.778. The zero-order chi connectivity index (χ0) is 38.9. The molecule has 4 N–H and O–H groups in total. The topological polar surface area (TPSA) is 173 Å². The molecule has 0 radical (unpaired) electrons. The number of fused-ring (bicyclic) bond motifs is 2. The van der Waals surface area contributed by atoms with Gasteiger partial charge >= 0.3 is 0 Å². The Kier molecular flexibility index (Phi) is 15.3. The molecular formula is C40H56N4O8. The Bertz CT molecular complexity index is 1490. The number of rotatable bonds is 12. The highest BCUT2D eigenvalue weighted by Crippen LogP contribution is 2.26. The van der Waals surface area contributed by atoms with Crippen LogP contribution in [0, 0.1) is 23.7 Å². The lowest BCUT2D eigenvalue weighted by atomic mass is 9.94. The van der Waals surface area contributed by atoms with Gasteiger partial charge in [-0.15, -0.1) is 0 Å². The van der Waals surface area contributed by atoms with E-state index in [4.69, 9.17) is 0 Å². The number of aliphatic hydroxyl groups excluding tert-OH is 2. The SMILES string of the molecule is CC(C)[C@H](O)C(=O)C[C@@H](C)C(=O)N[C@@H]1C(=O)N(C)CCc2ccccc21.CC(C)[C@H](O)C(=O)C[C@@H](C)C(=O)N[C@@H]1C(=O)N(C)CCc2ccccc21. The molecule has 0 spiro atoms. The van der Waals surface area contributed by atoms with Crippen LogP contribution in [0.15, 0.2) is 48.5 Å². The molecule has 284 valence electrons. The van der Waals surface area contributed by atoms with Crippen molar-refractivity contribution < 1.29 is 39.0 Å². The highest BCUT2D eigenvalue weighted by molar-refractivity contribution is 5.94. The maximum absolute atomic E-state index is 12.7. The van der Waals surface area contributed by atoms with Gasteiger partial charge in [-0.3, -0.25) is 28.8 Å². The number of nitrogens with zero attached hydrogens (tertiary/aromatic N) is 2. The third kappa shape index (κ3) is 10.8. The van der Waals surface area contributed by atoms with E-state index in [1.807, 2.05) is 48.5 Å². The lowest BCUT2D eigenvalue weighted by Gasteiger charge is -2.24. The number of carbonyl (C=O) groups excluding carboxylic acids is 6. The minimum Gasteiger partial charge on any atom is -0.385 e. The van der Waals surface area contributed by atoms with E-state index in [-0.39, 0.29) is 59.9 Å². The van der Waals surface area contributed by atoms with E-state index in [0.717, 1.165) is 35.1 Å². The van der Waals surface area contributed by atoms with Crippen LogP contribution in [0.1, 0.15) is 88.7 Å². The van der Waals surface area contributed by atoms with Crippen molar-refractivity contribution in [3.63, 3.8) is 0 Å². The first kappa shape index (κ1) is 42.0. The molecule has 2 heterocycles. The van der Waals surface area contributed by atoms with E-state index < -0.39 is 36.1 Å². The number of likely N-dealkylation sites (N-methyl/N-ethyl adjacent to an activating group) is 2. The quantitative estimate of drug-likeness (QED) is 0.259. The van der Waals surface area contributed by atoms with Crippen LogP contribution in [-0.4, -0.2) is 94.6 Å². The van der Waals surface area contributed by atoms with E-state index in [2.05, 4.69) is 10.6 Å². The van der Waals surface area contributed by atoms with Crippen LogP contribution in [-0.2, 0) is 41.6 Å². The third-order valence-electron chi connectivity index (χ3n) is 9.82. The normalized spacial score (nSPS) is 19.5. The minimum atomic E-state index is -1.07. The molecule has 0 aliphatic carbocycles. The van der Waals surface area contributed by atoms with E-state index in [1.165, 1.54) is 0 Å². The number of amides is 4. The molecule has 6 atom stereocenters. The molecule has 0 aromatic heterocycles. The smallest absolute Gasteiger partial charge is 0.249 e. The second-order valence-corrected chi connectivity index (χ2v) is 14.8. The molecule has 2 aliphatic heterocycles. The molecule has 2 aromatic rings. The minimum absolute atomic E-state index is 0.0520. The summed E-state index contributed by atoms with van der Waals surface area (Å²) in [4.78, 5) is 77.9. The third-order valence-corrected chi connectivity index (χ3v) is 9.82. The first-order valence-electron chi connectivity index (χ1n) is 18.1. The van der Waals surface area contributed by atoms with E-state index in [0.29, 0.717) is 13.1 Å². The molecule has 0 saturated carbocycles. The van der Waals surface area contributed by atoms with Crippen molar-refractivity contribution in [1.29, 1.82) is 0 Å². The van der Waals surface area contributed by atoms with Crippen molar-refractivity contribution in [2.75, 3.05) is 27.2 Å². The molecule has 0 fully saturated rings. The van der Waals surface area contributed by atoms with Crippen molar-refractivity contribution in [2.24, 2.45) is 23.7 Å². The predicted molar refractivity (Wildman–Crippen MR) is 197 cm³/mol. The fraction of sp³-hybridized carbons (Fsp3) is 0.550. The van der Waals surface area contributed by atoms with Crippen LogP contribution in [0.5, 0.6) is 0 Å². The Hall–Kier alpha value is -4.42. The van der Waals surface area contributed by atoms with Gasteiger partial charge in [0.05, 0.1) is 0 Å². The molecule has 0 unspecified atom stereocenters. The number of ketones is 2. The Morgan fingerprint density at radius 3 is 1.29 bits per heavy atom. The van der Waals surface area contributed by atoms with E-state index >= 15 is 0 Å². The second-order valence-electron chi connectivity index (χ2n) is 14.8. The van der Waals surface area contributed by atoms with Crippen molar-refractivity contribution in [1.82, 2.24) is 20.4 Å². The number of Topliss-reactive ketones (excluding diaryl/α,β-unsaturated/α-hetero) is 2. The van der Waals surface area contributed by atoms with Crippen molar-refractivity contribution in [2.45, 2.75) is 91.5 Å². The first-order valence-corrected chi connectivity index (χ1v) is 18.1. The Labute approximate surface area is 307 Å². The molecule has 12 nitrogen and oxygen atoms in total. The lowest BCUT2D eigenvalue weighted by molar-refractivity contribution is -0.138. The molecule has 4 rings (SSSR count). The van der Waals surface area contributed by atoms with Gasteiger partial charge in [-0.05, 0) is 46.9 Å². The standard InChI is InChI=1S/2C20H28N2O4/c2*1-12(2)18(24)16(23)11-13(3)19(25)21-17-15-8-6-5-7-14(15)9-10-22(4)20(17)26/h2*5-8,12-13,17-18,24H,9-11H2,1-4H3,(H,21,25)/t2*13-,17+,18+/m11/s1. The van der Waals surface area contributed by atoms with Gasteiger partial charge in [0.15, 0.2) is 11.6 Å². The van der Waals surface area contributed by atoms with Gasteiger partial charge in [0.1, 0.15) is 24.3 Å². The van der Waals surface area contributed by atoms with Crippen molar-refractivity contribution >= 4 is 35.2 Å². The summed E-state index contributed by atoms with van der Waals surface area (Å²) in [5, 5.41) is 25.3. The van der Waals surface area contributed by atoms with E-state index in [1.54, 1.807) is 65.4 Å². The molecule has 0 saturated heterocycles. The number of hydrogen-bond acceptors (Lipinski definition) is 8. The molecule has 12 heteroatoms. The summed E-state index contributed by atoms with van der Waals surface area (Å²) in [6.45, 7) is 11.5. The van der Waals surface area contributed by atoms with Crippen LogP contribution in [0.2, 0.25) is 0 Å². The molecule has 52 heavy (non-hydrogen) atoms. The second kappa shape index (κ2) is 18.9. The zero-order valence-electron chi connectivity index (χ0n) is 31.7. The molecule has 2 aromatic carbocycles. The summed E-state index contributed by atoms with van der Waals surface area (Å²) >= 11 is 0. The van der Waals surface area contributed by atoms with Crippen LogP contribution in [0.4, 0.5) is 0 Å². The fourth-order valence-electron chi connectivity index (χ4n) is 6.21. The summed E-state index contributed by atoms with van der Waals surface area (Å²) in [7, 11) is 3.44. The van der Waals surface area contributed by atoms with Gasteiger partial charge in [-0.2, -0.15) is 0 Å². The lowest BCUT2D eigenvalue weighted by Crippen LogP contribution is -2.43. The van der Waals surface area contributed by atoms with Gasteiger partial charge < -0.3 is 30.6 Å². The fourth-order valence-corrected chi connectivity index (χ4v) is 6.21. The summed E-state index contributed by atoms with van der Waals surface area (Å²) < 4.78 is 0. The van der Waals surface area contributed by atoms with Gasteiger partial charge in [0.2, 0.25) is 23.6 Å². The number of aliphatic hydroxyl groups is 2. The summed E-state index contributed by atoms with van der Waals surface area (Å²) in [6, 6.07) is 13.7. The molecular weight excluding hydrogens is 664 g/mol. The van der Waals surface area contributed by atoms with Crippen molar-refractivity contribution in [3.8, 4) is 0 Å². The van der Waals surface area contributed by atoms with E-state index in [9.17, 15) is 39.0 Å². The summed E-state index contributed by atoms with van der Waals surface area (Å²) in [5.74, 6) is -3.39. The van der Waals surface area contributed by atoms with Gasteiger partial charge in [-0.1, -0.05) is 90.1 Å². The number of carbonyl (C=O) groups is 6. The maximum atomic E-state index is 12.7. The van der Waals surface area contributed by atoms with Gasteiger partial charge in [0.25, 0.3) is 0 Å². The molecule has 4 amide bonds. The maximum Gasteiger partial charge on any atom is 0.249 e. The summed E-state index contributed by atoms with van der Waals surface area (Å²) in [5.41, 5.74) is 3.68. The van der Waals surface area contributed by atoms with Crippen LogP contribution in [0.25, 0.3) is 0 Å². The number of nitrogens with one attached hydrogen (secondary N) is 2. The van der Waals surface area contributed by atoms with Crippen LogP contribution >= 0.6 is 0 Å². The van der Waals surface area contributed by atoms with Crippen molar-refractivity contribution in [3.05, 3.63) is 70.8 Å². The highest BCUT2D eigenvalue weighted by Gasteiger charge is 2.34. The van der Waals surface area contributed by atoms with Gasteiger partial charge in [0, 0.05) is 51.9 Å². The largest absolute Gasteiger partial charge is 0.385 e. The van der Waals surface area contributed by atoms with Gasteiger partial charge in [-0.25, -0.2) is 0 Å². The first-order chi connectivity index (χ1) is 24.4. The monoisotopic (exact) mass is 720 g/mol. The average molecular weight is 721 g/mol. The predicted octanol–water partition coefficient (Wildman–Crippen LogP) is 2.94. The average Bonchev–Trinajstić information content (AvgIpc) is 3.31. The van der Waals surface area contributed by atoms with Crippen LogP contribution < -0.4 is 10.6 Å². The molecule has 0 bridgehead atoms. The Morgan fingerprint density at radius 1 is 0.635 bits per heavy atom. The highest BCUT2D eigenvalue weighted by atomic mass is 16.3. The Morgan fingerprint density at radius 2 is 0.962 bits per heavy atom.